The van der Waals surface area contributed by atoms with Gasteiger partial charge in [0.25, 0.3) is 0 Å². The average molecular weight is 465 g/mol. The van der Waals surface area contributed by atoms with Crippen molar-refractivity contribution in [1.29, 1.82) is 0 Å². The molecule has 1 N–H and O–H groups in total. The number of hydrogen-bond acceptors (Lipinski definition) is 4. The van der Waals surface area contributed by atoms with Gasteiger partial charge in [0.15, 0.2) is 0 Å². The van der Waals surface area contributed by atoms with Crippen LogP contribution in [0.15, 0.2) is 60.7 Å². The van der Waals surface area contributed by atoms with E-state index in [2.05, 4.69) is 0 Å². The van der Waals surface area contributed by atoms with E-state index < -0.39 is 17.7 Å². The second-order valence-corrected chi connectivity index (χ2v) is 7.22. The standard InChI is InChI=1S/C24H20ClF3O4/c1-2-31-23(30)17-13-20(15-5-3-7-18(11-15)24(26,27)28)22(32-10-9-29)21(14-17)16-6-4-8-19(25)12-16/h3-8,11-14,29H,2,9-10H2,1H3. The Balaban J connectivity index is 2.32. The van der Waals surface area contributed by atoms with Crippen molar-refractivity contribution in [2.75, 3.05) is 19.8 Å². The summed E-state index contributed by atoms with van der Waals surface area (Å²) in [6.45, 7) is 1.38. The van der Waals surface area contributed by atoms with Gasteiger partial charge in [-0.1, -0.05) is 35.9 Å². The summed E-state index contributed by atoms with van der Waals surface area (Å²) in [6, 6.07) is 14.4. The maximum absolute atomic E-state index is 13.3. The quantitative estimate of drug-likeness (QED) is 0.420. The van der Waals surface area contributed by atoms with Gasteiger partial charge < -0.3 is 14.6 Å². The Morgan fingerprint density at radius 2 is 1.62 bits per heavy atom. The van der Waals surface area contributed by atoms with E-state index in [9.17, 15) is 23.1 Å². The summed E-state index contributed by atoms with van der Waals surface area (Å²) in [4.78, 5) is 12.5. The Kier molecular flexibility index (Phi) is 7.43. The first-order chi connectivity index (χ1) is 15.2. The Hall–Kier alpha value is -3.03. The fourth-order valence-electron chi connectivity index (χ4n) is 3.21. The molecule has 0 atom stereocenters. The summed E-state index contributed by atoms with van der Waals surface area (Å²) in [5.41, 5.74) is 0.774. The van der Waals surface area contributed by atoms with Crippen molar-refractivity contribution in [2.24, 2.45) is 0 Å². The number of benzene rings is 3. The minimum atomic E-state index is -4.54. The number of aliphatic hydroxyl groups excluding tert-OH is 1. The molecule has 0 aromatic heterocycles. The normalized spacial score (nSPS) is 11.3. The van der Waals surface area contributed by atoms with Gasteiger partial charge in [0, 0.05) is 16.1 Å². The lowest BCUT2D eigenvalue weighted by Crippen LogP contribution is -2.09. The number of carbonyl (C=O) groups excluding carboxylic acids is 1. The summed E-state index contributed by atoms with van der Waals surface area (Å²) in [6.07, 6.45) is -4.54. The molecule has 168 valence electrons. The van der Waals surface area contributed by atoms with Crippen LogP contribution >= 0.6 is 11.6 Å². The van der Waals surface area contributed by atoms with Crippen LogP contribution in [0.3, 0.4) is 0 Å². The van der Waals surface area contributed by atoms with Crippen LogP contribution in [-0.2, 0) is 10.9 Å². The molecular formula is C24H20ClF3O4. The highest BCUT2D eigenvalue weighted by Crippen LogP contribution is 2.42. The maximum atomic E-state index is 13.3. The monoisotopic (exact) mass is 464 g/mol. The largest absolute Gasteiger partial charge is 0.490 e. The highest BCUT2D eigenvalue weighted by Gasteiger charge is 2.31. The van der Waals surface area contributed by atoms with Gasteiger partial charge >= 0.3 is 12.1 Å². The molecule has 0 heterocycles. The summed E-state index contributed by atoms with van der Waals surface area (Å²) < 4.78 is 50.9. The first-order valence-corrected chi connectivity index (χ1v) is 10.1. The van der Waals surface area contributed by atoms with E-state index in [0.717, 1.165) is 12.1 Å². The molecule has 0 saturated carbocycles. The SMILES string of the molecule is CCOC(=O)c1cc(-c2cccc(Cl)c2)c(OCCO)c(-c2cccc(C(F)(F)F)c2)c1. The van der Waals surface area contributed by atoms with Crippen LogP contribution in [0.1, 0.15) is 22.8 Å². The van der Waals surface area contributed by atoms with Gasteiger partial charge in [0.05, 0.1) is 24.3 Å². The minimum absolute atomic E-state index is 0.0989. The van der Waals surface area contributed by atoms with Crippen molar-refractivity contribution in [1.82, 2.24) is 0 Å². The first kappa shape index (κ1) is 23.6. The number of ether oxygens (including phenoxy) is 2. The molecule has 0 radical (unpaired) electrons. The third-order valence-electron chi connectivity index (χ3n) is 4.57. The molecule has 0 spiro atoms. The molecule has 0 aliphatic heterocycles. The third-order valence-corrected chi connectivity index (χ3v) is 4.81. The van der Waals surface area contributed by atoms with Crippen LogP contribution < -0.4 is 4.74 Å². The maximum Gasteiger partial charge on any atom is 0.416 e. The Morgan fingerprint density at radius 1 is 1.00 bits per heavy atom. The number of esters is 1. The van der Waals surface area contributed by atoms with Gasteiger partial charge in [-0.3, -0.25) is 0 Å². The fraction of sp³-hybridized carbons (Fsp3) is 0.208. The lowest BCUT2D eigenvalue weighted by molar-refractivity contribution is -0.137. The van der Waals surface area contributed by atoms with Crippen LogP contribution in [0.2, 0.25) is 5.02 Å². The zero-order valence-electron chi connectivity index (χ0n) is 17.1. The second kappa shape index (κ2) is 10.1. The summed E-state index contributed by atoms with van der Waals surface area (Å²) in [7, 11) is 0. The molecule has 0 unspecified atom stereocenters. The average Bonchev–Trinajstić information content (AvgIpc) is 2.77. The van der Waals surface area contributed by atoms with E-state index in [-0.39, 0.29) is 42.3 Å². The second-order valence-electron chi connectivity index (χ2n) is 6.78. The number of carbonyl (C=O) groups is 1. The highest BCUT2D eigenvalue weighted by atomic mass is 35.5. The van der Waals surface area contributed by atoms with E-state index in [1.165, 1.54) is 24.3 Å². The van der Waals surface area contributed by atoms with Crippen LogP contribution in [0, 0.1) is 0 Å². The smallest absolute Gasteiger partial charge is 0.416 e. The van der Waals surface area contributed by atoms with Crippen molar-refractivity contribution in [3.63, 3.8) is 0 Å². The molecule has 32 heavy (non-hydrogen) atoms. The molecule has 3 aromatic carbocycles. The van der Waals surface area contributed by atoms with Crippen molar-refractivity contribution in [3.8, 4) is 28.0 Å². The number of halogens is 4. The molecule has 3 aromatic rings. The number of hydrogen-bond donors (Lipinski definition) is 1. The molecule has 4 nitrogen and oxygen atoms in total. The minimum Gasteiger partial charge on any atom is -0.490 e. The van der Waals surface area contributed by atoms with Crippen molar-refractivity contribution in [3.05, 3.63) is 76.8 Å². The molecule has 0 aliphatic carbocycles. The zero-order chi connectivity index (χ0) is 23.3. The number of alkyl halides is 3. The molecule has 0 amide bonds. The van der Waals surface area contributed by atoms with Gasteiger partial charge in [0.1, 0.15) is 12.4 Å². The van der Waals surface area contributed by atoms with E-state index in [0.29, 0.717) is 16.1 Å². The highest BCUT2D eigenvalue weighted by molar-refractivity contribution is 6.30. The van der Waals surface area contributed by atoms with E-state index >= 15 is 0 Å². The predicted molar refractivity (Wildman–Crippen MR) is 116 cm³/mol. The number of aliphatic hydroxyl groups is 1. The number of rotatable bonds is 7. The van der Waals surface area contributed by atoms with Gasteiger partial charge in [-0.05, 0) is 54.4 Å². The Bertz CT molecular complexity index is 1110. The molecule has 0 saturated heterocycles. The lowest BCUT2D eigenvalue weighted by Gasteiger charge is -2.19. The molecule has 0 aliphatic rings. The Labute approximate surface area is 188 Å². The first-order valence-electron chi connectivity index (χ1n) is 9.77. The van der Waals surface area contributed by atoms with Crippen LogP contribution in [-0.4, -0.2) is 30.9 Å². The van der Waals surface area contributed by atoms with Crippen molar-refractivity contribution < 1.29 is 32.5 Å². The summed E-state index contributed by atoms with van der Waals surface area (Å²) in [5, 5.41) is 9.72. The zero-order valence-corrected chi connectivity index (χ0v) is 17.8. The van der Waals surface area contributed by atoms with Crippen molar-refractivity contribution >= 4 is 17.6 Å². The van der Waals surface area contributed by atoms with Gasteiger partial charge in [-0.15, -0.1) is 0 Å². The molecule has 0 bridgehead atoms. The van der Waals surface area contributed by atoms with E-state index in [1.807, 2.05) is 0 Å². The van der Waals surface area contributed by atoms with Gasteiger partial charge in [0.2, 0.25) is 0 Å². The van der Waals surface area contributed by atoms with Crippen LogP contribution in [0.5, 0.6) is 5.75 Å². The molecular weight excluding hydrogens is 445 g/mol. The van der Waals surface area contributed by atoms with Gasteiger partial charge in [-0.2, -0.15) is 13.2 Å². The van der Waals surface area contributed by atoms with E-state index in [1.54, 1.807) is 31.2 Å². The molecule has 3 rings (SSSR count). The van der Waals surface area contributed by atoms with Gasteiger partial charge in [-0.25, -0.2) is 4.79 Å². The van der Waals surface area contributed by atoms with E-state index in [4.69, 9.17) is 21.1 Å². The lowest BCUT2D eigenvalue weighted by atomic mass is 9.93. The predicted octanol–water partition coefficient (Wildman–Crippen LogP) is 6.24. The summed E-state index contributed by atoms with van der Waals surface area (Å²) >= 11 is 6.13. The fourth-order valence-corrected chi connectivity index (χ4v) is 3.40. The Morgan fingerprint density at radius 3 is 2.19 bits per heavy atom. The third kappa shape index (κ3) is 5.41. The van der Waals surface area contributed by atoms with Crippen molar-refractivity contribution in [2.45, 2.75) is 13.1 Å². The topological polar surface area (TPSA) is 55.8 Å². The summed E-state index contributed by atoms with van der Waals surface area (Å²) in [5.74, 6) is -0.411. The molecule has 8 heteroatoms. The molecule has 0 fully saturated rings. The van der Waals surface area contributed by atoms with Crippen LogP contribution in [0.25, 0.3) is 22.3 Å². The van der Waals surface area contributed by atoms with Crippen LogP contribution in [0.4, 0.5) is 13.2 Å².